The van der Waals surface area contributed by atoms with Crippen LogP contribution < -0.4 is 0 Å². The number of piperidine rings is 1. The van der Waals surface area contributed by atoms with E-state index < -0.39 is 0 Å². The van der Waals surface area contributed by atoms with Gasteiger partial charge in [0, 0.05) is 25.5 Å². The van der Waals surface area contributed by atoms with Gasteiger partial charge in [0.15, 0.2) is 0 Å². The van der Waals surface area contributed by atoms with E-state index >= 15 is 0 Å². The van der Waals surface area contributed by atoms with E-state index in [1.54, 1.807) is 0 Å². The summed E-state index contributed by atoms with van der Waals surface area (Å²) >= 11 is 5.53. The minimum atomic E-state index is -0.103. The van der Waals surface area contributed by atoms with Gasteiger partial charge in [-0.3, -0.25) is 4.90 Å². The summed E-state index contributed by atoms with van der Waals surface area (Å²) in [5.74, 6) is 0.990. The molecule has 0 aromatic heterocycles. The van der Waals surface area contributed by atoms with Gasteiger partial charge in [0.25, 0.3) is 0 Å². The zero-order chi connectivity index (χ0) is 9.68. The van der Waals surface area contributed by atoms with Crippen LogP contribution in [0, 0.1) is 5.92 Å². The number of rotatable bonds is 3. The van der Waals surface area contributed by atoms with E-state index in [1.165, 1.54) is 0 Å². The molecule has 1 heterocycles. The van der Waals surface area contributed by atoms with Gasteiger partial charge in [-0.25, -0.2) is 0 Å². The van der Waals surface area contributed by atoms with E-state index in [-0.39, 0.29) is 6.10 Å². The molecule has 1 fully saturated rings. The Bertz CT molecular complexity index is 172. The first-order chi connectivity index (χ1) is 6.24. The number of hydrogen-bond acceptors (Lipinski definition) is 2. The van der Waals surface area contributed by atoms with Crippen molar-refractivity contribution in [1.82, 2.24) is 4.90 Å². The Balaban J connectivity index is 2.25. The lowest BCUT2D eigenvalue weighted by atomic mass is 9.97. The van der Waals surface area contributed by atoms with Gasteiger partial charge in [-0.15, -0.1) is 11.6 Å². The number of nitrogens with zero attached hydrogens (tertiary/aromatic N) is 1. The molecule has 1 N–H and O–H groups in total. The number of likely N-dealkylation sites (tertiary alicyclic amines) is 1. The third kappa shape index (κ3) is 3.67. The summed E-state index contributed by atoms with van der Waals surface area (Å²) in [6, 6.07) is 0. The number of aliphatic hydroxyl groups excluding tert-OH is 1. The molecule has 0 amide bonds. The molecule has 2 unspecified atom stereocenters. The van der Waals surface area contributed by atoms with Crippen molar-refractivity contribution in [2.75, 3.05) is 25.5 Å². The van der Waals surface area contributed by atoms with Crippen molar-refractivity contribution in [3.05, 3.63) is 12.2 Å². The molecule has 1 rings (SSSR count). The minimum absolute atomic E-state index is 0.103. The highest BCUT2D eigenvalue weighted by Gasteiger charge is 2.22. The molecule has 2 nitrogen and oxygen atoms in total. The molecule has 0 spiro atoms. The van der Waals surface area contributed by atoms with Crippen LogP contribution in [0.5, 0.6) is 0 Å². The third-order valence-corrected chi connectivity index (χ3v) is 2.74. The van der Waals surface area contributed by atoms with E-state index in [0.29, 0.717) is 11.8 Å². The highest BCUT2D eigenvalue weighted by Crippen LogP contribution is 2.15. The average molecular weight is 204 g/mol. The van der Waals surface area contributed by atoms with Crippen molar-refractivity contribution < 1.29 is 5.11 Å². The largest absolute Gasteiger partial charge is 0.393 e. The molecule has 2 atom stereocenters. The van der Waals surface area contributed by atoms with Crippen molar-refractivity contribution in [2.45, 2.75) is 19.4 Å². The fourth-order valence-electron chi connectivity index (χ4n) is 1.67. The van der Waals surface area contributed by atoms with Crippen molar-refractivity contribution in [1.29, 1.82) is 0 Å². The van der Waals surface area contributed by atoms with E-state index in [2.05, 4.69) is 17.9 Å². The van der Waals surface area contributed by atoms with Crippen molar-refractivity contribution in [3.8, 4) is 0 Å². The minimum Gasteiger partial charge on any atom is -0.393 e. The number of aliphatic hydroxyl groups is 1. The normalized spacial score (nSPS) is 31.3. The van der Waals surface area contributed by atoms with Crippen molar-refractivity contribution >= 4 is 11.6 Å². The van der Waals surface area contributed by atoms with Crippen LogP contribution in [-0.2, 0) is 0 Å². The van der Waals surface area contributed by atoms with Crippen molar-refractivity contribution in [3.63, 3.8) is 0 Å². The third-order valence-electron chi connectivity index (χ3n) is 2.56. The van der Waals surface area contributed by atoms with Crippen LogP contribution in [0.4, 0.5) is 0 Å². The standard InChI is InChI=1S/C10H18ClNO/c1-9-8-12(6-3-2-5-11)7-4-10(9)13/h2-3,9-10,13H,4-8H2,1H3/b3-2+. The molecular weight excluding hydrogens is 186 g/mol. The lowest BCUT2D eigenvalue weighted by molar-refractivity contribution is 0.0396. The first-order valence-electron chi connectivity index (χ1n) is 4.85. The van der Waals surface area contributed by atoms with E-state index in [0.717, 1.165) is 26.1 Å². The van der Waals surface area contributed by atoms with E-state index in [1.807, 2.05) is 6.08 Å². The predicted molar refractivity (Wildman–Crippen MR) is 56.1 cm³/mol. The van der Waals surface area contributed by atoms with Gasteiger partial charge in [0.05, 0.1) is 6.10 Å². The quantitative estimate of drug-likeness (QED) is 0.555. The molecule has 13 heavy (non-hydrogen) atoms. The number of alkyl halides is 1. The molecule has 1 aliphatic rings. The Morgan fingerprint density at radius 3 is 2.92 bits per heavy atom. The Labute approximate surface area is 85.2 Å². The lowest BCUT2D eigenvalue weighted by Gasteiger charge is -2.33. The molecule has 1 saturated heterocycles. The fraction of sp³-hybridized carbons (Fsp3) is 0.800. The molecule has 0 saturated carbocycles. The zero-order valence-corrected chi connectivity index (χ0v) is 8.87. The van der Waals surface area contributed by atoms with Crippen LogP contribution in [0.15, 0.2) is 12.2 Å². The zero-order valence-electron chi connectivity index (χ0n) is 8.12. The van der Waals surface area contributed by atoms with E-state index in [9.17, 15) is 5.11 Å². The van der Waals surface area contributed by atoms with E-state index in [4.69, 9.17) is 11.6 Å². The smallest absolute Gasteiger partial charge is 0.0590 e. The van der Waals surface area contributed by atoms with Gasteiger partial charge in [-0.05, 0) is 12.3 Å². The summed E-state index contributed by atoms with van der Waals surface area (Å²) in [6.07, 6.45) is 4.86. The molecule has 0 radical (unpaired) electrons. The van der Waals surface area contributed by atoms with Gasteiger partial charge in [0.2, 0.25) is 0 Å². The van der Waals surface area contributed by atoms with Crippen LogP contribution in [0.3, 0.4) is 0 Å². The molecule has 1 aliphatic heterocycles. The topological polar surface area (TPSA) is 23.5 Å². The Hall–Kier alpha value is -0.0500. The lowest BCUT2D eigenvalue weighted by Crippen LogP contribution is -2.41. The molecule has 0 aromatic rings. The summed E-state index contributed by atoms with van der Waals surface area (Å²) in [5.41, 5.74) is 0. The van der Waals surface area contributed by atoms with Crippen LogP contribution in [-0.4, -0.2) is 41.6 Å². The van der Waals surface area contributed by atoms with Crippen LogP contribution >= 0.6 is 11.6 Å². The highest BCUT2D eigenvalue weighted by molar-refractivity contribution is 6.18. The Kier molecular flexibility index (Phi) is 4.78. The molecule has 0 bridgehead atoms. The summed E-state index contributed by atoms with van der Waals surface area (Å²) in [5, 5.41) is 9.50. The fourth-order valence-corrected chi connectivity index (χ4v) is 1.80. The summed E-state index contributed by atoms with van der Waals surface area (Å²) < 4.78 is 0. The van der Waals surface area contributed by atoms with Gasteiger partial charge >= 0.3 is 0 Å². The molecular formula is C10H18ClNO. The molecule has 3 heteroatoms. The first kappa shape index (κ1) is 11.0. The second kappa shape index (κ2) is 5.63. The number of hydrogen-bond donors (Lipinski definition) is 1. The summed E-state index contributed by atoms with van der Waals surface area (Å²) in [6.45, 7) is 5.05. The SMILES string of the molecule is CC1CN(C/C=C/CCl)CCC1O. The van der Waals surface area contributed by atoms with Crippen LogP contribution in [0.2, 0.25) is 0 Å². The average Bonchev–Trinajstić information content (AvgIpc) is 2.12. The highest BCUT2D eigenvalue weighted by atomic mass is 35.5. The van der Waals surface area contributed by atoms with Gasteiger partial charge in [0.1, 0.15) is 0 Å². The Morgan fingerprint density at radius 1 is 1.54 bits per heavy atom. The summed E-state index contributed by atoms with van der Waals surface area (Å²) in [4.78, 5) is 2.35. The van der Waals surface area contributed by atoms with Gasteiger partial charge < -0.3 is 5.11 Å². The maximum Gasteiger partial charge on any atom is 0.0590 e. The second-order valence-corrected chi connectivity index (χ2v) is 4.03. The van der Waals surface area contributed by atoms with Gasteiger partial charge in [-0.1, -0.05) is 19.1 Å². The first-order valence-corrected chi connectivity index (χ1v) is 5.39. The maximum absolute atomic E-state index is 9.50. The maximum atomic E-state index is 9.50. The molecule has 0 aromatic carbocycles. The number of halogens is 1. The summed E-state index contributed by atoms with van der Waals surface area (Å²) in [7, 11) is 0. The Morgan fingerprint density at radius 2 is 2.31 bits per heavy atom. The van der Waals surface area contributed by atoms with Crippen LogP contribution in [0.25, 0.3) is 0 Å². The monoisotopic (exact) mass is 203 g/mol. The second-order valence-electron chi connectivity index (χ2n) is 3.72. The number of allylic oxidation sites excluding steroid dienone is 1. The van der Waals surface area contributed by atoms with Crippen molar-refractivity contribution in [2.24, 2.45) is 5.92 Å². The molecule has 0 aliphatic carbocycles. The predicted octanol–water partition coefficient (Wildman–Crippen LogP) is 1.48. The van der Waals surface area contributed by atoms with Gasteiger partial charge in [-0.2, -0.15) is 0 Å². The van der Waals surface area contributed by atoms with Crippen LogP contribution in [0.1, 0.15) is 13.3 Å². The molecule has 76 valence electrons.